The Morgan fingerprint density at radius 1 is 1.04 bits per heavy atom. The molecule has 2 atom stereocenters. The minimum absolute atomic E-state index is 0.169. The number of hydrogen-bond donors (Lipinski definition) is 2. The monoisotopic (exact) mass is 360 g/mol. The third-order valence-electron chi connectivity index (χ3n) is 3.82. The van der Waals surface area contributed by atoms with Crippen LogP contribution in [-0.2, 0) is 25.5 Å². The maximum atomic E-state index is 12.2. The first-order valence-electron chi connectivity index (χ1n) is 8.44. The van der Waals surface area contributed by atoms with E-state index in [1.54, 1.807) is 0 Å². The highest BCUT2D eigenvalue weighted by atomic mass is 16.5. The van der Waals surface area contributed by atoms with Gasteiger partial charge in [-0.1, -0.05) is 17.7 Å². The zero-order chi connectivity index (χ0) is 19.1. The molecule has 0 aliphatic carbocycles. The molecule has 2 rings (SSSR count). The molecule has 7 nitrogen and oxygen atoms in total. The maximum absolute atomic E-state index is 12.2. The van der Waals surface area contributed by atoms with Crippen LogP contribution < -0.4 is 15.4 Å². The summed E-state index contributed by atoms with van der Waals surface area (Å²) >= 11 is 0. The zero-order valence-electron chi connectivity index (χ0n) is 15.2. The molecular formula is C19H24N2O5. The molecule has 1 saturated heterocycles. The molecule has 2 amide bonds. The number of ether oxygens (including phenoxy) is 2. The molecule has 0 radical (unpaired) electrons. The fourth-order valence-corrected chi connectivity index (χ4v) is 2.40. The summed E-state index contributed by atoms with van der Waals surface area (Å²) in [5.74, 6) is -0.422. The van der Waals surface area contributed by atoms with Crippen LogP contribution in [-0.4, -0.2) is 43.1 Å². The molecule has 140 valence electrons. The highest BCUT2D eigenvalue weighted by molar-refractivity contribution is 5.97. The molecule has 2 N–H and O–H groups in total. The molecule has 1 aromatic rings. The van der Waals surface area contributed by atoms with Gasteiger partial charge in [0.05, 0.1) is 0 Å². The zero-order valence-corrected chi connectivity index (χ0v) is 15.2. The molecule has 2 unspecified atom stereocenters. The van der Waals surface area contributed by atoms with E-state index < -0.39 is 18.1 Å². The van der Waals surface area contributed by atoms with E-state index >= 15 is 0 Å². The van der Waals surface area contributed by atoms with Crippen LogP contribution in [0.3, 0.4) is 0 Å². The van der Waals surface area contributed by atoms with Crippen molar-refractivity contribution in [3.63, 3.8) is 0 Å². The van der Waals surface area contributed by atoms with E-state index in [1.807, 2.05) is 44.2 Å². The topological polar surface area (TPSA) is 93.7 Å². The van der Waals surface area contributed by atoms with Gasteiger partial charge in [-0.3, -0.25) is 14.4 Å². The van der Waals surface area contributed by atoms with Crippen molar-refractivity contribution in [1.82, 2.24) is 10.6 Å². The van der Waals surface area contributed by atoms with Crippen LogP contribution in [0, 0.1) is 0 Å². The summed E-state index contributed by atoms with van der Waals surface area (Å²) < 4.78 is 10.4. The van der Waals surface area contributed by atoms with E-state index in [-0.39, 0.29) is 18.4 Å². The normalized spacial score (nSPS) is 19.2. The van der Waals surface area contributed by atoms with Gasteiger partial charge in [-0.15, -0.1) is 0 Å². The van der Waals surface area contributed by atoms with Gasteiger partial charge in [-0.25, -0.2) is 0 Å². The number of nitrogens with one attached hydrogen (secondary N) is 2. The highest BCUT2D eigenvalue weighted by Crippen LogP contribution is 2.14. The van der Waals surface area contributed by atoms with Gasteiger partial charge in [0.15, 0.2) is 0 Å². The molecular weight excluding hydrogens is 336 g/mol. The Kier molecular flexibility index (Phi) is 6.77. The van der Waals surface area contributed by atoms with Crippen molar-refractivity contribution in [1.29, 1.82) is 0 Å². The van der Waals surface area contributed by atoms with E-state index in [2.05, 4.69) is 10.6 Å². The lowest BCUT2D eigenvalue weighted by Crippen LogP contribution is -2.63. The Bertz CT molecular complexity index is 692. The predicted molar refractivity (Wildman–Crippen MR) is 95.6 cm³/mol. The second kappa shape index (κ2) is 9.03. The number of amides is 2. The van der Waals surface area contributed by atoms with Crippen LogP contribution in [0.25, 0.3) is 0 Å². The quantitative estimate of drug-likeness (QED) is 0.561. The molecule has 1 heterocycles. The minimum atomic E-state index is -0.853. The SMILES string of the molecule is CC(=O)OCC1NC(=O)C(Cc2ccc(OCC=C(C)C)cc2)NC1=O. The molecule has 26 heavy (non-hydrogen) atoms. The number of rotatable bonds is 7. The van der Waals surface area contributed by atoms with Crippen molar-refractivity contribution < 1.29 is 23.9 Å². The lowest BCUT2D eigenvalue weighted by molar-refractivity contribution is -0.146. The Labute approximate surface area is 152 Å². The number of allylic oxidation sites excluding steroid dienone is 1. The third-order valence-corrected chi connectivity index (χ3v) is 3.82. The van der Waals surface area contributed by atoms with Gasteiger partial charge in [0, 0.05) is 13.3 Å². The van der Waals surface area contributed by atoms with Crippen LogP contribution in [0.2, 0.25) is 0 Å². The first-order valence-corrected chi connectivity index (χ1v) is 8.44. The summed E-state index contributed by atoms with van der Waals surface area (Å²) in [5, 5.41) is 5.25. The number of esters is 1. The fraction of sp³-hybridized carbons (Fsp3) is 0.421. The Balaban J connectivity index is 1.88. The largest absolute Gasteiger partial charge is 0.490 e. The van der Waals surface area contributed by atoms with E-state index in [1.165, 1.54) is 12.5 Å². The number of carbonyl (C=O) groups is 3. The average molecular weight is 360 g/mol. The number of piperazine rings is 1. The fourth-order valence-electron chi connectivity index (χ4n) is 2.40. The summed E-state index contributed by atoms with van der Waals surface area (Å²) in [6.45, 7) is 5.60. The first-order chi connectivity index (χ1) is 12.3. The summed E-state index contributed by atoms with van der Waals surface area (Å²) in [6, 6.07) is 5.88. The predicted octanol–water partition coefficient (Wildman–Crippen LogP) is 1.12. The van der Waals surface area contributed by atoms with Gasteiger partial charge in [-0.2, -0.15) is 0 Å². The Morgan fingerprint density at radius 3 is 2.27 bits per heavy atom. The smallest absolute Gasteiger partial charge is 0.302 e. The second-order valence-electron chi connectivity index (χ2n) is 6.37. The average Bonchev–Trinajstić information content (AvgIpc) is 2.57. The molecule has 0 saturated carbocycles. The number of hydrogen-bond acceptors (Lipinski definition) is 5. The van der Waals surface area contributed by atoms with Crippen LogP contribution in [0.4, 0.5) is 0 Å². The van der Waals surface area contributed by atoms with Crippen molar-refractivity contribution in [2.24, 2.45) is 0 Å². The van der Waals surface area contributed by atoms with Crippen molar-refractivity contribution in [3.05, 3.63) is 41.5 Å². The van der Waals surface area contributed by atoms with E-state index in [9.17, 15) is 14.4 Å². The Morgan fingerprint density at radius 2 is 1.65 bits per heavy atom. The first kappa shape index (κ1) is 19.5. The van der Waals surface area contributed by atoms with Gasteiger partial charge in [0.1, 0.15) is 31.0 Å². The molecule has 0 aromatic heterocycles. The lowest BCUT2D eigenvalue weighted by atomic mass is 10.0. The third kappa shape index (κ3) is 5.91. The Hall–Kier alpha value is -2.83. The van der Waals surface area contributed by atoms with Gasteiger partial charge in [-0.05, 0) is 37.6 Å². The highest BCUT2D eigenvalue weighted by Gasteiger charge is 2.34. The molecule has 1 aromatic carbocycles. The van der Waals surface area contributed by atoms with Gasteiger partial charge in [0.2, 0.25) is 11.8 Å². The number of benzene rings is 1. The van der Waals surface area contributed by atoms with E-state index in [4.69, 9.17) is 9.47 Å². The van der Waals surface area contributed by atoms with Crippen molar-refractivity contribution >= 4 is 17.8 Å². The van der Waals surface area contributed by atoms with E-state index in [0.29, 0.717) is 13.0 Å². The van der Waals surface area contributed by atoms with Crippen molar-refractivity contribution in [2.45, 2.75) is 39.3 Å². The lowest BCUT2D eigenvalue weighted by Gasteiger charge is -2.29. The maximum Gasteiger partial charge on any atom is 0.302 e. The summed E-state index contributed by atoms with van der Waals surface area (Å²) in [6.07, 6.45) is 2.36. The molecule has 7 heteroatoms. The number of carbonyl (C=O) groups excluding carboxylic acids is 3. The second-order valence-corrected chi connectivity index (χ2v) is 6.37. The molecule has 1 fully saturated rings. The van der Waals surface area contributed by atoms with Crippen molar-refractivity contribution in [2.75, 3.05) is 13.2 Å². The van der Waals surface area contributed by atoms with E-state index in [0.717, 1.165) is 11.3 Å². The van der Waals surface area contributed by atoms with Gasteiger partial charge < -0.3 is 20.1 Å². The standard InChI is InChI=1S/C19H24N2O5/c1-12(2)8-9-25-15-6-4-14(5-7-15)10-16-18(23)21-17(19(24)20-16)11-26-13(3)22/h4-8,16-17H,9-11H2,1-3H3,(H,20,24)(H,21,23). The summed E-state index contributed by atoms with van der Waals surface area (Å²) in [7, 11) is 0. The van der Waals surface area contributed by atoms with Crippen molar-refractivity contribution in [3.8, 4) is 5.75 Å². The molecule has 1 aliphatic heterocycles. The molecule has 1 aliphatic rings. The summed E-state index contributed by atoms with van der Waals surface area (Å²) in [5.41, 5.74) is 2.09. The van der Waals surface area contributed by atoms with Crippen LogP contribution in [0.5, 0.6) is 5.75 Å². The van der Waals surface area contributed by atoms with Gasteiger partial charge in [0.25, 0.3) is 0 Å². The van der Waals surface area contributed by atoms with Gasteiger partial charge >= 0.3 is 5.97 Å². The minimum Gasteiger partial charge on any atom is -0.490 e. The van der Waals surface area contributed by atoms with Crippen LogP contribution in [0.1, 0.15) is 26.3 Å². The van der Waals surface area contributed by atoms with Crippen LogP contribution in [0.15, 0.2) is 35.9 Å². The van der Waals surface area contributed by atoms with Crippen LogP contribution >= 0.6 is 0 Å². The summed E-state index contributed by atoms with van der Waals surface area (Å²) in [4.78, 5) is 35.0. The molecule has 0 bridgehead atoms. The molecule has 0 spiro atoms.